The van der Waals surface area contributed by atoms with E-state index >= 15 is 0 Å². The first-order valence-electron chi connectivity index (χ1n) is 11.6. The van der Waals surface area contributed by atoms with E-state index in [1.807, 2.05) is 31.2 Å². The Morgan fingerprint density at radius 1 is 1.18 bits per heavy atom. The third-order valence-electron chi connectivity index (χ3n) is 5.89. The summed E-state index contributed by atoms with van der Waals surface area (Å²) in [6, 6.07) is 16.2. The van der Waals surface area contributed by atoms with E-state index in [1.54, 1.807) is 6.92 Å². The average Bonchev–Trinajstić information content (AvgIpc) is 3.14. The van der Waals surface area contributed by atoms with Crippen LogP contribution in [0.3, 0.4) is 0 Å². The maximum absolute atomic E-state index is 11.6. The number of morpholine rings is 1. The van der Waals surface area contributed by atoms with Crippen LogP contribution >= 0.6 is 11.6 Å². The molecule has 176 valence electrons. The van der Waals surface area contributed by atoms with Gasteiger partial charge in [0.1, 0.15) is 5.75 Å². The number of nitrogens with one attached hydrogen (secondary N) is 1. The summed E-state index contributed by atoms with van der Waals surface area (Å²) >= 11 is 6.28. The Labute approximate surface area is 200 Å². The number of hydrogen-bond donors (Lipinski definition) is 1. The van der Waals surface area contributed by atoms with Gasteiger partial charge in [-0.25, -0.2) is 0 Å². The summed E-state index contributed by atoms with van der Waals surface area (Å²) in [6.07, 6.45) is 0.987. The molecule has 1 fully saturated rings. The molecular formula is C26H32ClN3O3. The van der Waals surface area contributed by atoms with Crippen molar-refractivity contribution in [2.75, 3.05) is 39.5 Å². The number of carbonyl (C=O) groups is 1. The average molecular weight is 470 g/mol. The molecule has 1 atom stereocenters. The Bertz CT molecular complexity index is 1090. The number of fused-ring (bicyclic) bond motifs is 1. The molecule has 1 aliphatic rings. The van der Waals surface area contributed by atoms with Gasteiger partial charge in [0.25, 0.3) is 0 Å². The molecule has 1 amide bonds. The zero-order valence-electron chi connectivity index (χ0n) is 19.4. The molecule has 4 rings (SSSR count). The molecule has 1 N–H and O–H groups in total. The molecule has 0 bridgehead atoms. The molecule has 33 heavy (non-hydrogen) atoms. The summed E-state index contributed by atoms with van der Waals surface area (Å²) < 4.78 is 13.7. The highest BCUT2D eigenvalue weighted by Gasteiger charge is 2.15. The van der Waals surface area contributed by atoms with Crippen molar-refractivity contribution < 1.29 is 14.3 Å². The van der Waals surface area contributed by atoms with E-state index in [0.717, 1.165) is 67.2 Å². The Hall–Kier alpha value is -2.54. The lowest BCUT2D eigenvalue weighted by Gasteiger charge is -2.26. The van der Waals surface area contributed by atoms with Crippen molar-refractivity contribution >= 4 is 28.4 Å². The van der Waals surface area contributed by atoms with Gasteiger partial charge in [0.15, 0.2) is 0 Å². The summed E-state index contributed by atoms with van der Waals surface area (Å²) in [5.41, 5.74) is 3.21. The molecule has 1 aliphatic heterocycles. The lowest BCUT2D eigenvalue weighted by atomic mass is 10.1. The molecule has 1 saturated heterocycles. The van der Waals surface area contributed by atoms with E-state index < -0.39 is 0 Å². The highest BCUT2D eigenvalue weighted by Crippen LogP contribution is 2.32. The molecule has 0 saturated carbocycles. The van der Waals surface area contributed by atoms with E-state index in [-0.39, 0.29) is 11.9 Å². The van der Waals surface area contributed by atoms with Crippen molar-refractivity contribution in [3.8, 4) is 17.0 Å². The van der Waals surface area contributed by atoms with Gasteiger partial charge in [-0.3, -0.25) is 9.69 Å². The third kappa shape index (κ3) is 6.28. The summed E-state index contributed by atoms with van der Waals surface area (Å²) in [5, 5.41) is 4.79. The standard InChI is InChI=1S/C26H32ClN3O3/c1-19(28-20(2)31)18-30-25-8-7-24(33-12-4-9-29-10-13-32-14-11-29)16-22(25)17-26(30)21-5-3-6-23(27)15-21/h3,5-8,15-17,19H,4,9-14,18H2,1-2H3,(H,28,31). The van der Waals surface area contributed by atoms with Crippen molar-refractivity contribution in [2.45, 2.75) is 32.9 Å². The molecule has 6 nitrogen and oxygen atoms in total. The maximum atomic E-state index is 11.6. The van der Waals surface area contributed by atoms with Crippen LogP contribution in [0.15, 0.2) is 48.5 Å². The van der Waals surface area contributed by atoms with E-state index in [0.29, 0.717) is 18.2 Å². The number of amides is 1. The molecule has 7 heteroatoms. The van der Waals surface area contributed by atoms with Crippen LogP contribution in [-0.2, 0) is 16.1 Å². The van der Waals surface area contributed by atoms with E-state index in [1.165, 1.54) is 0 Å². The lowest BCUT2D eigenvalue weighted by molar-refractivity contribution is -0.119. The van der Waals surface area contributed by atoms with Gasteiger partial charge < -0.3 is 19.4 Å². The van der Waals surface area contributed by atoms with Gasteiger partial charge in [-0.1, -0.05) is 23.7 Å². The predicted octanol–water partition coefficient (Wildman–Crippen LogP) is 4.59. The number of rotatable bonds is 9. The van der Waals surface area contributed by atoms with Gasteiger partial charge in [-0.05, 0) is 55.3 Å². The molecular weight excluding hydrogens is 438 g/mol. The normalized spacial score (nSPS) is 15.5. The van der Waals surface area contributed by atoms with Crippen LogP contribution in [0.25, 0.3) is 22.2 Å². The van der Waals surface area contributed by atoms with Gasteiger partial charge in [-0.15, -0.1) is 0 Å². The van der Waals surface area contributed by atoms with Crippen LogP contribution in [0.4, 0.5) is 0 Å². The number of carbonyl (C=O) groups excluding carboxylic acids is 1. The van der Waals surface area contributed by atoms with Gasteiger partial charge in [-0.2, -0.15) is 0 Å². The Morgan fingerprint density at radius 2 is 2.00 bits per heavy atom. The van der Waals surface area contributed by atoms with E-state index in [4.69, 9.17) is 21.1 Å². The van der Waals surface area contributed by atoms with E-state index in [9.17, 15) is 4.79 Å². The second-order valence-electron chi connectivity index (χ2n) is 8.63. The van der Waals surface area contributed by atoms with Crippen LogP contribution < -0.4 is 10.1 Å². The van der Waals surface area contributed by atoms with E-state index in [2.05, 4.69) is 39.0 Å². The zero-order valence-corrected chi connectivity index (χ0v) is 20.1. The van der Waals surface area contributed by atoms with Crippen molar-refractivity contribution in [1.29, 1.82) is 0 Å². The topological polar surface area (TPSA) is 55.7 Å². The highest BCUT2D eigenvalue weighted by atomic mass is 35.5. The third-order valence-corrected chi connectivity index (χ3v) is 6.13. The minimum absolute atomic E-state index is 0.00727. The number of halogens is 1. The second-order valence-corrected chi connectivity index (χ2v) is 9.07. The molecule has 0 spiro atoms. The van der Waals surface area contributed by atoms with Crippen molar-refractivity contribution in [2.24, 2.45) is 0 Å². The Morgan fingerprint density at radius 3 is 2.76 bits per heavy atom. The molecule has 1 aromatic heterocycles. The first-order valence-corrected chi connectivity index (χ1v) is 12.0. The van der Waals surface area contributed by atoms with Gasteiger partial charge >= 0.3 is 0 Å². The first kappa shape index (κ1) is 23.6. The number of hydrogen-bond acceptors (Lipinski definition) is 4. The zero-order chi connectivity index (χ0) is 23.2. The van der Waals surface area contributed by atoms with Gasteiger partial charge in [0.2, 0.25) is 5.91 Å². The van der Waals surface area contributed by atoms with Crippen LogP contribution in [0.5, 0.6) is 5.75 Å². The number of ether oxygens (including phenoxy) is 2. The first-order chi connectivity index (χ1) is 16.0. The smallest absolute Gasteiger partial charge is 0.217 e. The molecule has 2 aromatic carbocycles. The minimum Gasteiger partial charge on any atom is -0.494 e. The number of benzene rings is 2. The van der Waals surface area contributed by atoms with Crippen LogP contribution in [0.2, 0.25) is 5.02 Å². The second kappa shape index (κ2) is 11.1. The fourth-order valence-electron chi connectivity index (χ4n) is 4.39. The summed E-state index contributed by atoms with van der Waals surface area (Å²) in [5.74, 6) is 0.838. The Kier molecular flexibility index (Phi) is 7.91. The van der Waals surface area contributed by atoms with Crippen LogP contribution in [-0.4, -0.2) is 60.9 Å². The molecule has 1 unspecified atom stereocenters. The monoisotopic (exact) mass is 469 g/mol. The maximum Gasteiger partial charge on any atom is 0.217 e. The SMILES string of the molecule is CC(=O)NC(C)Cn1c(-c2cccc(Cl)c2)cc2cc(OCCCN3CCOCC3)ccc21. The minimum atomic E-state index is -0.0315. The highest BCUT2D eigenvalue weighted by molar-refractivity contribution is 6.30. The van der Waals surface area contributed by atoms with Crippen molar-refractivity contribution in [3.63, 3.8) is 0 Å². The van der Waals surface area contributed by atoms with Crippen LogP contribution in [0.1, 0.15) is 20.3 Å². The fourth-order valence-corrected chi connectivity index (χ4v) is 4.58. The fraction of sp³-hybridized carbons (Fsp3) is 0.423. The van der Waals surface area contributed by atoms with Crippen LogP contribution in [0, 0.1) is 0 Å². The largest absolute Gasteiger partial charge is 0.494 e. The molecule has 0 aliphatic carbocycles. The Balaban J connectivity index is 1.52. The predicted molar refractivity (Wildman–Crippen MR) is 133 cm³/mol. The number of nitrogens with zero attached hydrogens (tertiary/aromatic N) is 2. The molecule has 3 aromatic rings. The van der Waals surface area contributed by atoms with Crippen molar-refractivity contribution in [1.82, 2.24) is 14.8 Å². The quantitative estimate of drug-likeness (QED) is 0.466. The summed E-state index contributed by atoms with van der Waals surface area (Å²) in [7, 11) is 0. The molecule has 2 heterocycles. The van der Waals surface area contributed by atoms with Gasteiger partial charge in [0.05, 0.1) is 19.8 Å². The number of aromatic nitrogens is 1. The van der Waals surface area contributed by atoms with Crippen molar-refractivity contribution in [3.05, 3.63) is 53.6 Å². The summed E-state index contributed by atoms with van der Waals surface area (Å²) in [4.78, 5) is 14.0. The molecule has 0 radical (unpaired) electrons. The van der Waals surface area contributed by atoms with Gasteiger partial charge in [0, 0.05) is 60.8 Å². The summed E-state index contributed by atoms with van der Waals surface area (Å²) in [6.45, 7) is 9.59. The lowest BCUT2D eigenvalue weighted by Crippen LogP contribution is -2.37.